The predicted octanol–water partition coefficient (Wildman–Crippen LogP) is 0.588. The standard InChI is InChI=1S/C18H28N8O/c1-24(2)17-7-18(21-12-20-17)25-11-16(27)6-15(25)9-19-8-13-10-26(23-22-13)14-4-3-5-14/h7,10,12,14-16,19,27H,3-6,8-9,11H2,1-2H3/t15-,16-/m1/s1. The molecule has 0 spiro atoms. The van der Waals surface area contributed by atoms with Gasteiger partial charge in [0.25, 0.3) is 0 Å². The number of hydrogen-bond donors (Lipinski definition) is 2. The van der Waals surface area contributed by atoms with E-state index in [1.54, 1.807) is 6.33 Å². The van der Waals surface area contributed by atoms with Crippen molar-refractivity contribution in [3.8, 4) is 0 Å². The van der Waals surface area contributed by atoms with E-state index >= 15 is 0 Å². The Morgan fingerprint density at radius 2 is 2.15 bits per heavy atom. The first-order valence-corrected chi connectivity index (χ1v) is 9.65. The predicted molar refractivity (Wildman–Crippen MR) is 103 cm³/mol. The highest BCUT2D eigenvalue weighted by Crippen LogP contribution is 2.30. The van der Waals surface area contributed by atoms with E-state index in [0.29, 0.717) is 19.1 Å². The van der Waals surface area contributed by atoms with E-state index in [9.17, 15) is 5.11 Å². The summed E-state index contributed by atoms with van der Waals surface area (Å²) >= 11 is 0. The molecule has 2 aromatic heterocycles. The van der Waals surface area contributed by atoms with Crippen LogP contribution in [0, 0.1) is 0 Å². The number of aliphatic hydroxyl groups excluding tert-OH is 1. The topological polar surface area (TPSA) is 95.2 Å². The van der Waals surface area contributed by atoms with Crippen molar-refractivity contribution in [3.05, 3.63) is 24.3 Å². The highest BCUT2D eigenvalue weighted by Gasteiger charge is 2.32. The Morgan fingerprint density at radius 3 is 2.89 bits per heavy atom. The first kappa shape index (κ1) is 18.1. The van der Waals surface area contributed by atoms with Gasteiger partial charge in [-0.25, -0.2) is 14.6 Å². The number of nitrogens with zero attached hydrogens (tertiary/aromatic N) is 7. The van der Waals surface area contributed by atoms with Crippen LogP contribution in [0.1, 0.15) is 37.4 Å². The largest absolute Gasteiger partial charge is 0.391 e. The molecule has 2 aromatic rings. The molecule has 2 N–H and O–H groups in total. The molecular formula is C18H28N8O. The van der Waals surface area contributed by atoms with Crippen molar-refractivity contribution in [3.63, 3.8) is 0 Å². The fraction of sp³-hybridized carbons (Fsp3) is 0.667. The van der Waals surface area contributed by atoms with Gasteiger partial charge in [0, 0.05) is 45.8 Å². The fourth-order valence-electron chi connectivity index (χ4n) is 3.70. The molecule has 2 fully saturated rings. The molecular weight excluding hydrogens is 344 g/mol. The summed E-state index contributed by atoms with van der Waals surface area (Å²) in [5.41, 5.74) is 0.962. The minimum atomic E-state index is -0.339. The lowest BCUT2D eigenvalue weighted by molar-refractivity contribution is 0.194. The van der Waals surface area contributed by atoms with Gasteiger partial charge in [-0.2, -0.15) is 0 Å². The van der Waals surface area contributed by atoms with E-state index < -0.39 is 0 Å². The van der Waals surface area contributed by atoms with Crippen LogP contribution >= 0.6 is 0 Å². The van der Waals surface area contributed by atoms with Crippen molar-refractivity contribution in [1.29, 1.82) is 0 Å². The molecule has 0 amide bonds. The SMILES string of the molecule is CN(C)c1cc(N2C[C@H](O)C[C@@H]2CNCc2cn(C3CCC3)nn2)ncn1. The molecule has 9 heteroatoms. The summed E-state index contributed by atoms with van der Waals surface area (Å²) in [4.78, 5) is 12.8. The van der Waals surface area contributed by atoms with Crippen LogP contribution in [0.2, 0.25) is 0 Å². The second kappa shape index (κ2) is 7.77. The van der Waals surface area contributed by atoms with Crippen molar-refractivity contribution < 1.29 is 5.11 Å². The fourth-order valence-corrected chi connectivity index (χ4v) is 3.70. The molecule has 0 bridgehead atoms. The van der Waals surface area contributed by atoms with Crippen LogP contribution in [0.4, 0.5) is 11.6 Å². The molecule has 0 unspecified atom stereocenters. The number of β-amino-alcohol motifs (C(OH)–C–C–N with tert-alkyl or cyclic N) is 1. The zero-order chi connectivity index (χ0) is 18.8. The summed E-state index contributed by atoms with van der Waals surface area (Å²) in [6.45, 7) is 2.03. The number of hydrogen-bond acceptors (Lipinski definition) is 8. The molecule has 27 heavy (non-hydrogen) atoms. The third kappa shape index (κ3) is 4.03. The van der Waals surface area contributed by atoms with Crippen LogP contribution in [0.5, 0.6) is 0 Å². The first-order valence-electron chi connectivity index (χ1n) is 9.65. The Hall–Kier alpha value is -2.26. The molecule has 1 aliphatic heterocycles. The maximum atomic E-state index is 10.2. The number of rotatable bonds is 7. The van der Waals surface area contributed by atoms with Crippen molar-refractivity contribution in [2.45, 2.75) is 50.4 Å². The van der Waals surface area contributed by atoms with Crippen molar-refractivity contribution in [2.75, 3.05) is 37.0 Å². The van der Waals surface area contributed by atoms with E-state index in [2.05, 4.69) is 30.5 Å². The Balaban J connectivity index is 1.35. The summed E-state index contributed by atoms with van der Waals surface area (Å²) in [7, 11) is 3.92. The Morgan fingerprint density at radius 1 is 1.30 bits per heavy atom. The van der Waals surface area contributed by atoms with Gasteiger partial charge in [-0.05, 0) is 25.7 Å². The van der Waals surface area contributed by atoms with Gasteiger partial charge < -0.3 is 20.2 Å². The summed E-state index contributed by atoms with van der Waals surface area (Å²) in [5, 5.41) is 22.2. The summed E-state index contributed by atoms with van der Waals surface area (Å²) < 4.78 is 2.00. The average molecular weight is 372 g/mol. The van der Waals surface area contributed by atoms with Crippen LogP contribution in [-0.2, 0) is 6.54 Å². The minimum absolute atomic E-state index is 0.187. The quantitative estimate of drug-likeness (QED) is 0.729. The zero-order valence-electron chi connectivity index (χ0n) is 16.0. The minimum Gasteiger partial charge on any atom is -0.391 e. The van der Waals surface area contributed by atoms with Crippen LogP contribution in [0.3, 0.4) is 0 Å². The Bertz CT molecular complexity index is 759. The zero-order valence-corrected chi connectivity index (χ0v) is 16.0. The molecule has 4 rings (SSSR count). The van der Waals surface area contributed by atoms with Gasteiger partial charge in [-0.1, -0.05) is 5.21 Å². The second-order valence-electron chi connectivity index (χ2n) is 7.73. The van der Waals surface area contributed by atoms with Crippen molar-refractivity contribution >= 4 is 11.6 Å². The molecule has 2 aliphatic rings. The maximum Gasteiger partial charge on any atom is 0.134 e. The number of nitrogens with one attached hydrogen (secondary N) is 1. The van der Waals surface area contributed by atoms with E-state index in [0.717, 1.165) is 30.3 Å². The van der Waals surface area contributed by atoms with Crippen LogP contribution in [0.25, 0.3) is 0 Å². The van der Waals surface area contributed by atoms with Crippen LogP contribution in [0.15, 0.2) is 18.6 Å². The molecule has 1 saturated heterocycles. The van der Waals surface area contributed by atoms with E-state index in [4.69, 9.17) is 0 Å². The molecule has 1 saturated carbocycles. The molecule has 9 nitrogen and oxygen atoms in total. The smallest absolute Gasteiger partial charge is 0.134 e. The van der Waals surface area contributed by atoms with Crippen molar-refractivity contribution in [1.82, 2.24) is 30.3 Å². The summed E-state index contributed by atoms with van der Waals surface area (Å²) in [6.07, 6.45) is 7.72. The number of aromatic nitrogens is 5. The molecule has 1 aliphatic carbocycles. The Kier molecular flexibility index (Phi) is 5.22. The maximum absolute atomic E-state index is 10.2. The second-order valence-corrected chi connectivity index (χ2v) is 7.73. The number of anilines is 2. The van der Waals surface area contributed by atoms with E-state index in [1.165, 1.54) is 19.3 Å². The van der Waals surface area contributed by atoms with E-state index in [1.807, 2.05) is 35.9 Å². The average Bonchev–Trinajstić information content (AvgIpc) is 3.20. The molecule has 3 heterocycles. The van der Waals surface area contributed by atoms with Gasteiger partial charge in [0.2, 0.25) is 0 Å². The highest BCUT2D eigenvalue weighted by atomic mass is 16.3. The molecule has 2 atom stereocenters. The summed E-state index contributed by atoms with van der Waals surface area (Å²) in [6, 6.07) is 2.69. The van der Waals surface area contributed by atoms with Gasteiger partial charge in [0.1, 0.15) is 18.0 Å². The molecule has 146 valence electrons. The lowest BCUT2D eigenvalue weighted by atomic mass is 9.93. The van der Waals surface area contributed by atoms with Crippen LogP contribution < -0.4 is 15.1 Å². The highest BCUT2D eigenvalue weighted by molar-refractivity contribution is 5.51. The molecule has 0 aromatic carbocycles. The van der Waals surface area contributed by atoms with Crippen LogP contribution in [-0.4, -0.2) is 69.4 Å². The van der Waals surface area contributed by atoms with Gasteiger partial charge in [-0.3, -0.25) is 0 Å². The van der Waals surface area contributed by atoms with Gasteiger partial charge in [0.05, 0.1) is 24.0 Å². The van der Waals surface area contributed by atoms with E-state index in [-0.39, 0.29) is 12.1 Å². The monoisotopic (exact) mass is 372 g/mol. The summed E-state index contributed by atoms with van der Waals surface area (Å²) in [5.74, 6) is 1.72. The third-order valence-corrected chi connectivity index (χ3v) is 5.48. The third-order valence-electron chi connectivity index (χ3n) is 5.48. The van der Waals surface area contributed by atoms with Crippen molar-refractivity contribution in [2.24, 2.45) is 0 Å². The van der Waals surface area contributed by atoms with Gasteiger partial charge in [0.15, 0.2) is 0 Å². The molecule has 0 radical (unpaired) electrons. The van der Waals surface area contributed by atoms with Gasteiger partial charge >= 0.3 is 0 Å². The number of aliphatic hydroxyl groups is 1. The van der Waals surface area contributed by atoms with Gasteiger partial charge in [-0.15, -0.1) is 5.10 Å². The normalized spacial score (nSPS) is 22.9. The lowest BCUT2D eigenvalue weighted by Gasteiger charge is -2.26. The Labute approximate surface area is 159 Å². The lowest BCUT2D eigenvalue weighted by Crippen LogP contribution is -2.38. The first-order chi connectivity index (χ1) is 13.1.